The minimum atomic E-state index is -2.44. The molecule has 3 N–H and O–H groups in total. The Morgan fingerprint density at radius 2 is 2.20 bits per heavy atom. The molecule has 4 nitrogen and oxygen atoms in total. The number of hydrogen-bond donors (Lipinski definition) is 2. The number of rotatable bonds is 6. The summed E-state index contributed by atoms with van der Waals surface area (Å²) >= 11 is 3.35. The predicted molar refractivity (Wildman–Crippen MR) is 79.2 cm³/mol. The van der Waals surface area contributed by atoms with E-state index in [0.29, 0.717) is 12.2 Å². The molecule has 0 saturated heterocycles. The molecule has 0 aliphatic carbocycles. The first-order chi connectivity index (χ1) is 9.58. The van der Waals surface area contributed by atoms with Crippen molar-refractivity contribution in [1.29, 1.82) is 0 Å². The van der Waals surface area contributed by atoms with Crippen molar-refractivity contribution in [2.45, 2.75) is 6.43 Å². The lowest BCUT2D eigenvalue weighted by molar-refractivity contribution is 0.0215. The summed E-state index contributed by atoms with van der Waals surface area (Å²) in [4.78, 5) is 4.32. The van der Waals surface area contributed by atoms with Crippen LogP contribution in [0, 0.1) is 0 Å². The van der Waals surface area contributed by atoms with Gasteiger partial charge in [0.15, 0.2) is 0 Å². The number of benzene rings is 1. The summed E-state index contributed by atoms with van der Waals surface area (Å²) in [7, 11) is 0. The van der Waals surface area contributed by atoms with Crippen molar-refractivity contribution in [2.75, 3.05) is 30.8 Å². The molecule has 20 heavy (non-hydrogen) atoms. The van der Waals surface area contributed by atoms with Crippen LogP contribution >= 0.6 is 15.9 Å². The van der Waals surface area contributed by atoms with E-state index in [9.17, 15) is 8.78 Å². The van der Waals surface area contributed by atoms with Gasteiger partial charge in [0, 0.05) is 28.3 Å². The molecule has 0 radical (unpaired) electrons. The number of hydrogen-bond acceptors (Lipinski definition) is 4. The topological polar surface area (TPSA) is 60.2 Å². The van der Waals surface area contributed by atoms with Crippen LogP contribution in [-0.4, -0.2) is 31.2 Å². The second-order valence-electron chi connectivity index (χ2n) is 4.14. The molecule has 1 aromatic carbocycles. The fraction of sp³-hybridized carbons (Fsp3) is 0.308. The van der Waals surface area contributed by atoms with Crippen molar-refractivity contribution in [3.8, 4) is 0 Å². The number of aromatic nitrogens is 1. The summed E-state index contributed by atoms with van der Waals surface area (Å²) in [5.41, 5.74) is 8.07. The molecule has 2 rings (SSSR count). The molecule has 0 amide bonds. The van der Waals surface area contributed by atoms with Crippen molar-refractivity contribution in [2.24, 2.45) is 0 Å². The third-order valence-electron chi connectivity index (χ3n) is 2.66. The van der Waals surface area contributed by atoms with Gasteiger partial charge in [-0.3, -0.25) is 4.98 Å². The zero-order chi connectivity index (χ0) is 14.5. The highest BCUT2D eigenvalue weighted by molar-refractivity contribution is 9.10. The lowest BCUT2D eigenvalue weighted by Crippen LogP contribution is -2.13. The van der Waals surface area contributed by atoms with Crippen molar-refractivity contribution < 1.29 is 13.5 Å². The van der Waals surface area contributed by atoms with Crippen LogP contribution in [0.2, 0.25) is 0 Å². The van der Waals surface area contributed by atoms with Gasteiger partial charge in [0.25, 0.3) is 6.43 Å². The molecule has 0 aliphatic heterocycles. The van der Waals surface area contributed by atoms with E-state index < -0.39 is 13.0 Å². The Morgan fingerprint density at radius 3 is 2.95 bits per heavy atom. The monoisotopic (exact) mass is 345 g/mol. The Hall–Kier alpha value is -1.47. The third kappa shape index (κ3) is 3.77. The van der Waals surface area contributed by atoms with E-state index in [4.69, 9.17) is 10.5 Å². The van der Waals surface area contributed by atoms with Crippen molar-refractivity contribution >= 4 is 38.2 Å². The molecule has 0 atom stereocenters. The summed E-state index contributed by atoms with van der Waals surface area (Å²) in [6.45, 7) is 0.0750. The average Bonchev–Trinajstić information content (AvgIpc) is 2.41. The van der Waals surface area contributed by atoms with Gasteiger partial charge >= 0.3 is 0 Å². The van der Waals surface area contributed by atoms with E-state index in [2.05, 4.69) is 26.2 Å². The number of anilines is 2. The Morgan fingerprint density at radius 1 is 1.40 bits per heavy atom. The van der Waals surface area contributed by atoms with E-state index in [1.54, 1.807) is 12.3 Å². The van der Waals surface area contributed by atoms with Gasteiger partial charge in [0.2, 0.25) is 0 Å². The maximum absolute atomic E-state index is 11.9. The molecule has 0 spiro atoms. The fourth-order valence-electron chi connectivity index (χ4n) is 1.79. The normalized spacial score (nSPS) is 11.2. The molecule has 108 valence electrons. The maximum atomic E-state index is 11.9. The minimum absolute atomic E-state index is 0.201. The van der Waals surface area contributed by atoms with Crippen LogP contribution in [0.15, 0.2) is 28.9 Å². The van der Waals surface area contributed by atoms with E-state index in [-0.39, 0.29) is 6.61 Å². The molecule has 0 aliphatic rings. The second-order valence-corrected chi connectivity index (χ2v) is 5.06. The highest BCUT2D eigenvalue weighted by Crippen LogP contribution is 2.28. The largest absolute Gasteiger partial charge is 0.398 e. The van der Waals surface area contributed by atoms with Crippen molar-refractivity contribution in [3.63, 3.8) is 0 Å². The highest BCUT2D eigenvalue weighted by Gasteiger charge is 2.06. The Kier molecular flexibility index (Phi) is 5.08. The van der Waals surface area contributed by atoms with Gasteiger partial charge in [-0.15, -0.1) is 0 Å². The van der Waals surface area contributed by atoms with Crippen LogP contribution in [0.5, 0.6) is 0 Å². The smallest absolute Gasteiger partial charge is 0.261 e. The number of nitrogens with one attached hydrogen (secondary N) is 1. The van der Waals surface area contributed by atoms with Gasteiger partial charge in [-0.1, -0.05) is 0 Å². The lowest BCUT2D eigenvalue weighted by Gasteiger charge is -2.11. The SMILES string of the molecule is Nc1ccc(NCCOCC(F)F)c2ncc(Br)cc12. The summed E-state index contributed by atoms with van der Waals surface area (Å²) in [6, 6.07) is 5.47. The van der Waals surface area contributed by atoms with Crippen LogP contribution in [0.1, 0.15) is 0 Å². The quantitative estimate of drug-likeness (QED) is 0.623. The van der Waals surface area contributed by atoms with E-state index in [1.807, 2.05) is 12.1 Å². The standard InChI is InChI=1S/C13H14BrF2N3O/c14-8-5-9-10(17)1-2-11(13(9)19-6-8)18-3-4-20-7-12(15)16/h1-2,5-6,12,18H,3-4,7,17H2. The third-order valence-corrected chi connectivity index (χ3v) is 3.09. The molecule has 1 aromatic heterocycles. The molecule has 0 unspecified atom stereocenters. The zero-order valence-corrected chi connectivity index (χ0v) is 12.2. The van der Waals surface area contributed by atoms with Gasteiger partial charge in [0.1, 0.15) is 6.61 Å². The number of nitrogens with two attached hydrogens (primary N) is 1. The first-order valence-corrected chi connectivity index (χ1v) is 6.80. The Balaban J connectivity index is 2.05. The van der Waals surface area contributed by atoms with Crippen LogP contribution in [0.4, 0.5) is 20.2 Å². The van der Waals surface area contributed by atoms with Crippen molar-refractivity contribution in [3.05, 3.63) is 28.9 Å². The highest BCUT2D eigenvalue weighted by atomic mass is 79.9. The van der Waals surface area contributed by atoms with Crippen LogP contribution in [-0.2, 0) is 4.74 Å². The van der Waals surface area contributed by atoms with E-state index in [0.717, 1.165) is 21.1 Å². The molecule has 1 heterocycles. The number of nitrogens with zero attached hydrogens (tertiary/aromatic N) is 1. The predicted octanol–water partition coefficient (Wildman–Crippen LogP) is 3.27. The fourth-order valence-corrected chi connectivity index (χ4v) is 2.12. The number of halogens is 3. The molecular weight excluding hydrogens is 332 g/mol. The van der Waals surface area contributed by atoms with Gasteiger partial charge in [0.05, 0.1) is 17.8 Å². The van der Waals surface area contributed by atoms with Crippen LogP contribution in [0.25, 0.3) is 10.9 Å². The second kappa shape index (κ2) is 6.81. The van der Waals surface area contributed by atoms with Crippen LogP contribution < -0.4 is 11.1 Å². The summed E-state index contributed by atoms with van der Waals surface area (Å²) in [6.07, 6.45) is -0.758. The lowest BCUT2D eigenvalue weighted by atomic mass is 10.1. The molecular formula is C13H14BrF2N3O. The first-order valence-electron chi connectivity index (χ1n) is 6.01. The van der Waals surface area contributed by atoms with Gasteiger partial charge in [-0.05, 0) is 34.1 Å². The minimum Gasteiger partial charge on any atom is -0.398 e. The van der Waals surface area contributed by atoms with Crippen LogP contribution in [0.3, 0.4) is 0 Å². The molecule has 7 heteroatoms. The Bertz CT molecular complexity index is 595. The Labute approximate surface area is 123 Å². The molecule has 0 fully saturated rings. The van der Waals surface area contributed by atoms with E-state index in [1.165, 1.54) is 0 Å². The average molecular weight is 346 g/mol. The van der Waals surface area contributed by atoms with Gasteiger partial charge in [-0.2, -0.15) is 0 Å². The zero-order valence-electron chi connectivity index (χ0n) is 10.6. The summed E-state index contributed by atoms with van der Waals surface area (Å²) < 4.78 is 29.5. The maximum Gasteiger partial charge on any atom is 0.261 e. The van der Waals surface area contributed by atoms with Gasteiger partial charge in [-0.25, -0.2) is 8.78 Å². The number of pyridine rings is 1. The van der Waals surface area contributed by atoms with Gasteiger partial charge < -0.3 is 15.8 Å². The van der Waals surface area contributed by atoms with E-state index >= 15 is 0 Å². The number of fused-ring (bicyclic) bond motifs is 1. The first kappa shape index (κ1) is 14.9. The number of nitrogen functional groups attached to an aromatic ring is 1. The molecule has 2 aromatic rings. The summed E-state index contributed by atoms with van der Waals surface area (Å²) in [5.74, 6) is 0. The molecule has 0 bridgehead atoms. The number of ether oxygens (including phenoxy) is 1. The number of alkyl halides is 2. The molecule has 0 saturated carbocycles. The van der Waals surface area contributed by atoms with Crippen molar-refractivity contribution in [1.82, 2.24) is 4.98 Å². The summed E-state index contributed by atoms with van der Waals surface area (Å²) in [5, 5.41) is 3.94.